The first kappa shape index (κ1) is 16.0. The van der Waals surface area contributed by atoms with Gasteiger partial charge in [-0.15, -0.1) is 0 Å². The van der Waals surface area contributed by atoms with E-state index in [0.717, 1.165) is 25.8 Å². The summed E-state index contributed by atoms with van der Waals surface area (Å²) in [5.74, 6) is 0.543. The summed E-state index contributed by atoms with van der Waals surface area (Å²) in [7, 11) is 3.40. The number of nitrogens with zero attached hydrogens (tertiary/aromatic N) is 1. The van der Waals surface area contributed by atoms with E-state index in [4.69, 9.17) is 0 Å². The zero-order valence-corrected chi connectivity index (χ0v) is 12.5. The fraction of sp³-hybridized carbons (Fsp3) is 0.857. The number of piperidine rings is 1. The van der Waals surface area contributed by atoms with Crippen LogP contribution in [0.4, 0.5) is 0 Å². The smallest absolute Gasteiger partial charge is 0.239 e. The number of nitrogens with one attached hydrogen (secondary N) is 2. The van der Waals surface area contributed by atoms with Crippen LogP contribution in [0.15, 0.2) is 0 Å². The van der Waals surface area contributed by atoms with Crippen molar-refractivity contribution >= 4 is 11.8 Å². The van der Waals surface area contributed by atoms with E-state index in [9.17, 15) is 9.59 Å². The predicted octanol–water partition coefficient (Wildman–Crippen LogP) is 0.605. The molecule has 0 spiro atoms. The van der Waals surface area contributed by atoms with Crippen LogP contribution in [0.2, 0.25) is 0 Å². The minimum atomic E-state index is -0.176. The second kappa shape index (κ2) is 7.48. The third-order valence-electron chi connectivity index (χ3n) is 4.01. The first-order valence-electron chi connectivity index (χ1n) is 7.19. The molecule has 5 heteroatoms. The fourth-order valence-corrected chi connectivity index (χ4v) is 2.65. The zero-order chi connectivity index (χ0) is 14.4. The molecule has 2 amide bonds. The topological polar surface area (TPSA) is 61.4 Å². The van der Waals surface area contributed by atoms with Crippen LogP contribution in [0.5, 0.6) is 0 Å². The van der Waals surface area contributed by atoms with Gasteiger partial charge in [0.25, 0.3) is 0 Å². The van der Waals surface area contributed by atoms with Crippen LogP contribution in [0.25, 0.3) is 0 Å². The minimum Gasteiger partial charge on any atom is -0.359 e. The molecule has 3 unspecified atom stereocenters. The highest BCUT2D eigenvalue weighted by Gasteiger charge is 2.29. The number of amides is 2. The molecule has 0 aromatic heterocycles. The molecule has 1 heterocycles. The molecule has 0 aliphatic carbocycles. The van der Waals surface area contributed by atoms with E-state index in [2.05, 4.69) is 17.6 Å². The van der Waals surface area contributed by atoms with Crippen LogP contribution in [0.1, 0.15) is 33.1 Å². The summed E-state index contributed by atoms with van der Waals surface area (Å²) in [5.41, 5.74) is 0. The lowest BCUT2D eigenvalue weighted by Gasteiger charge is -2.32. The Morgan fingerprint density at radius 2 is 2.16 bits per heavy atom. The summed E-state index contributed by atoms with van der Waals surface area (Å²) in [4.78, 5) is 25.5. The van der Waals surface area contributed by atoms with E-state index in [1.165, 1.54) is 0 Å². The summed E-state index contributed by atoms with van der Waals surface area (Å²) in [6.07, 6.45) is 3.19. The second-order valence-corrected chi connectivity index (χ2v) is 5.54. The van der Waals surface area contributed by atoms with Crippen LogP contribution in [0.3, 0.4) is 0 Å². The fourth-order valence-electron chi connectivity index (χ4n) is 2.65. The van der Waals surface area contributed by atoms with Crippen molar-refractivity contribution in [2.24, 2.45) is 11.8 Å². The summed E-state index contributed by atoms with van der Waals surface area (Å²) < 4.78 is 0. The second-order valence-electron chi connectivity index (χ2n) is 5.54. The molecule has 0 aromatic rings. The van der Waals surface area contributed by atoms with Crippen LogP contribution < -0.4 is 10.6 Å². The standard InChI is InChI=1S/C14H27N3O2/c1-5-11-6-7-16-12(8-11)14(19)17(4)9-10(2)13(18)15-3/h10-12,16H,5-9H2,1-4H3,(H,15,18). The first-order valence-corrected chi connectivity index (χ1v) is 7.19. The van der Waals surface area contributed by atoms with Crippen LogP contribution in [-0.2, 0) is 9.59 Å². The zero-order valence-electron chi connectivity index (χ0n) is 12.5. The van der Waals surface area contributed by atoms with Crippen LogP contribution >= 0.6 is 0 Å². The summed E-state index contributed by atoms with van der Waals surface area (Å²) in [6, 6.07) is -0.0828. The number of carbonyl (C=O) groups is 2. The van der Waals surface area contributed by atoms with E-state index in [0.29, 0.717) is 12.5 Å². The molecule has 0 aromatic carbocycles. The summed E-state index contributed by atoms with van der Waals surface area (Å²) >= 11 is 0. The lowest BCUT2D eigenvalue weighted by Crippen LogP contribution is -2.50. The van der Waals surface area contributed by atoms with Gasteiger partial charge in [0.15, 0.2) is 0 Å². The molecule has 0 saturated carbocycles. The molecule has 110 valence electrons. The maximum absolute atomic E-state index is 12.3. The lowest BCUT2D eigenvalue weighted by molar-refractivity contribution is -0.134. The van der Waals surface area contributed by atoms with Crippen molar-refractivity contribution in [2.45, 2.75) is 39.2 Å². The Labute approximate surface area is 116 Å². The number of likely N-dealkylation sites (N-methyl/N-ethyl adjacent to an activating group) is 1. The molecule has 0 radical (unpaired) electrons. The van der Waals surface area contributed by atoms with Crippen molar-refractivity contribution in [3.05, 3.63) is 0 Å². The van der Waals surface area contributed by atoms with Gasteiger partial charge in [-0.25, -0.2) is 0 Å². The normalized spacial score (nSPS) is 24.6. The van der Waals surface area contributed by atoms with E-state index in [1.54, 1.807) is 19.0 Å². The molecule has 1 saturated heterocycles. The van der Waals surface area contributed by atoms with Gasteiger partial charge in [-0.1, -0.05) is 20.3 Å². The Balaban J connectivity index is 2.49. The Morgan fingerprint density at radius 3 is 2.74 bits per heavy atom. The van der Waals surface area contributed by atoms with Gasteiger partial charge in [0.1, 0.15) is 0 Å². The Bertz CT molecular complexity index is 320. The van der Waals surface area contributed by atoms with Gasteiger partial charge in [0, 0.05) is 20.6 Å². The maximum Gasteiger partial charge on any atom is 0.239 e. The van der Waals surface area contributed by atoms with Crippen molar-refractivity contribution in [3.63, 3.8) is 0 Å². The van der Waals surface area contributed by atoms with Crippen LogP contribution in [-0.4, -0.2) is 49.9 Å². The molecule has 19 heavy (non-hydrogen) atoms. The number of hydrogen-bond donors (Lipinski definition) is 2. The average Bonchev–Trinajstić information content (AvgIpc) is 2.45. The third-order valence-corrected chi connectivity index (χ3v) is 4.01. The monoisotopic (exact) mass is 269 g/mol. The van der Waals surface area contributed by atoms with Gasteiger partial charge < -0.3 is 15.5 Å². The molecule has 1 aliphatic heterocycles. The minimum absolute atomic E-state index is 0.0253. The van der Waals surface area contributed by atoms with Crippen molar-refractivity contribution in [1.82, 2.24) is 15.5 Å². The molecule has 3 atom stereocenters. The van der Waals surface area contributed by atoms with Gasteiger partial charge in [0.2, 0.25) is 11.8 Å². The highest BCUT2D eigenvalue weighted by atomic mass is 16.2. The number of hydrogen-bond acceptors (Lipinski definition) is 3. The van der Waals surface area contributed by atoms with Crippen molar-refractivity contribution < 1.29 is 9.59 Å². The SMILES string of the molecule is CCC1CCNC(C(=O)N(C)CC(C)C(=O)NC)C1. The lowest BCUT2D eigenvalue weighted by atomic mass is 9.90. The van der Waals surface area contributed by atoms with Gasteiger partial charge in [-0.3, -0.25) is 9.59 Å². The maximum atomic E-state index is 12.3. The van der Waals surface area contributed by atoms with E-state index < -0.39 is 0 Å². The Hall–Kier alpha value is -1.10. The van der Waals surface area contributed by atoms with E-state index in [-0.39, 0.29) is 23.8 Å². The van der Waals surface area contributed by atoms with Gasteiger partial charge in [-0.2, -0.15) is 0 Å². The highest BCUT2D eigenvalue weighted by Crippen LogP contribution is 2.20. The Morgan fingerprint density at radius 1 is 1.47 bits per heavy atom. The third kappa shape index (κ3) is 4.49. The average molecular weight is 269 g/mol. The van der Waals surface area contributed by atoms with Crippen molar-refractivity contribution in [2.75, 3.05) is 27.2 Å². The summed E-state index contributed by atoms with van der Waals surface area (Å²) in [5, 5.41) is 5.90. The van der Waals surface area contributed by atoms with Gasteiger partial charge >= 0.3 is 0 Å². The van der Waals surface area contributed by atoms with Crippen molar-refractivity contribution in [3.8, 4) is 0 Å². The molecule has 5 nitrogen and oxygen atoms in total. The van der Waals surface area contributed by atoms with Gasteiger partial charge in [-0.05, 0) is 25.3 Å². The molecular weight excluding hydrogens is 242 g/mol. The van der Waals surface area contributed by atoms with Crippen molar-refractivity contribution in [1.29, 1.82) is 0 Å². The van der Waals surface area contributed by atoms with Gasteiger partial charge in [0.05, 0.1) is 12.0 Å². The molecule has 2 N–H and O–H groups in total. The molecule has 0 bridgehead atoms. The van der Waals surface area contributed by atoms with E-state index >= 15 is 0 Å². The molecule has 1 rings (SSSR count). The van der Waals surface area contributed by atoms with E-state index in [1.807, 2.05) is 6.92 Å². The first-order chi connectivity index (χ1) is 8.99. The number of rotatable bonds is 5. The molecule has 1 fully saturated rings. The number of carbonyl (C=O) groups excluding carboxylic acids is 2. The van der Waals surface area contributed by atoms with Crippen LogP contribution in [0, 0.1) is 11.8 Å². The molecular formula is C14H27N3O2. The Kier molecular flexibility index (Phi) is 6.28. The largest absolute Gasteiger partial charge is 0.359 e. The molecule has 1 aliphatic rings. The quantitative estimate of drug-likeness (QED) is 0.768. The summed E-state index contributed by atoms with van der Waals surface area (Å²) in [6.45, 7) is 5.39. The predicted molar refractivity (Wildman–Crippen MR) is 75.7 cm³/mol. The highest BCUT2D eigenvalue weighted by molar-refractivity contribution is 5.83.